The van der Waals surface area contributed by atoms with Crippen molar-refractivity contribution in [3.63, 3.8) is 0 Å². The summed E-state index contributed by atoms with van der Waals surface area (Å²) in [5.41, 5.74) is 7.03. The molecule has 1 aromatic rings. The minimum absolute atomic E-state index is 0.0124. The van der Waals surface area contributed by atoms with Gasteiger partial charge in [0.15, 0.2) is 0 Å². The number of anilines is 1. The zero-order valence-electron chi connectivity index (χ0n) is 9.80. The van der Waals surface area contributed by atoms with E-state index in [4.69, 9.17) is 10.8 Å². The molecule has 2 rings (SSSR count). The first-order valence-corrected chi connectivity index (χ1v) is 5.66. The first-order chi connectivity index (χ1) is 8.63. The maximum absolute atomic E-state index is 11.8. The Morgan fingerprint density at radius 2 is 2.11 bits per heavy atom. The molecule has 0 aromatic heterocycles. The monoisotopic (exact) mass is 249 g/mol. The van der Waals surface area contributed by atoms with Crippen molar-refractivity contribution >= 4 is 17.5 Å². The molecule has 1 fully saturated rings. The molecule has 0 saturated carbocycles. The Balaban J connectivity index is 2.37. The number of carbonyl (C=O) groups excluding carboxylic acids is 2. The number of nitrogens with one attached hydrogen (secondary N) is 1. The highest BCUT2D eigenvalue weighted by Crippen LogP contribution is 2.25. The lowest BCUT2D eigenvalue weighted by Gasteiger charge is -2.29. The van der Waals surface area contributed by atoms with E-state index in [9.17, 15) is 9.59 Å². The molecule has 0 spiro atoms. The SMILES string of the molecule is NC(CO)c1ccccc1N1CC(=O)NCC1=O. The predicted molar refractivity (Wildman–Crippen MR) is 65.8 cm³/mol. The van der Waals surface area contributed by atoms with Gasteiger partial charge in [-0.05, 0) is 11.6 Å². The van der Waals surface area contributed by atoms with Gasteiger partial charge in [-0.15, -0.1) is 0 Å². The van der Waals surface area contributed by atoms with Crippen LogP contribution in [-0.4, -0.2) is 36.6 Å². The first-order valence-electron chi connectivity index (χ1n) is 5.66. The van der Waals surface area contributed by atoms with Gasteiger partial charge in [0.05, 0.1) is 19.2 Å². The van der Waals surface area contributed by atoms with E-state index in [1.165, 1.54) is 4.90 Å². The standard InChI is InChI=1S/C12H15N3O3/c13-9(7-16)8-3-1-2-4-10(8)15-6-11(17)14-5-12(15)18/h1-4,9,16H,5-7,13H2,(H,14,17). The number of carbonyl (C=O) groups is 2. The van der Waals surface area contributed by atoms with E-state index in [1.807, 2.05) is 0 Å². The van der Waals surface area contributed by atoms with Crippen molar-refractivity contribution in [1.29, 1.82) is 0 Å². The Bertz CT molecular complexity index is 475. The molecule has 4 N–H and O–H groups in total. The van der Waals surface area contributed by atoms with Crippen molar-refractivity contribution in [3.8, 4) is 0 Å². The van der Waals surface area contributed by atoms with Gasteiger partial charge in [0.1, 0.15) is 6.54 Å². The van der Waals surface area contributed by atoms with E-state index in [1.54, 1.807) is 24.3 Å². The molecule has 2 amide bonds. The van der Waals surface area contributed by atoms with Gasteiger partial charge in [0.25, 0.3) is 0 Å². The van der Waals surface area contributed by atoms with Gasteiger partial charge in [-0.25, -0.2) is 0 Å². The summed E-state index contributed by atoms with van der Waals surface area (Å²) in [7, 11) is 0. The van der Waals surface area contributed by atoms with E-state index >= 15 is 0 Å². The fourth-order valence-electron chi connectivity index (χ4n) is 1.92. The van der Waals surface area contributed by atoms with Gasteiger partial charge >= 0.3 is 0 Å². The van der Waals surface area contributed by atoms with Gasteiger partial charge < -0.3 is 21.1 Å². The average molecular weight is 249 g/mol. The summed E-state index contributed by atoms with van der Waals surface area (Å²) in [6.45, 7) is -0.249. The molecule has 1 heterocycles. The van der Waals surface area contributed by atoms with Crippen molar-refractivity contribution in [3.05, 3.63) is 29.8 Å². The van der Waals surface area contributed by atoms with Crippen LogP contribution in [0.4, 0.5) is 5.69 Å². The molecule has 6 heteroatoms. The second kappa shape index (κ2) is 5.16. The van der Waals surface area contributed by atoms with Crippen LogP contribution < -0.4 is 16.0 Å². The van der Waals surface area contributed by atoms with Crippen LogP contribution in [0.2, 0.25) is 0 Å². The van der Waals surface area contributed by atoms with Gasteiger partial charge in [-0.2, -0.15) is 0 Å². The second-order valence-electron chi connectivity index (χ2n) is 4.10. The van der Waals surface area contributed by atoms with Gasteiger partial charge in [-0.1, -0.05) is 18.2 Å². The number of amides is 2. The number of piperazine rings is 1. The maximum Gasteiger partial charge on any atom is 0.246 e. The van der Waals surface area contributed by atoms with Crippen LogP contribution in [-0.2, 0) is 9.59 Å². The van der Waals surface area contributed by atoms with Crippen molar-refractivity contribution in [1.82, 2.24) is 5.32 Å². The molecular weight excluding hydrogens is 234 g/mol. The number of rotatable bonds is 3. The summed E-state index contributed by atoms with van der Waals surface area (Å²) in [5.74, 6) is -0.394. The molecule has 0 aliphatic carbocycles. The van der Waals surface area contributed by atoms with Crippen molar-refractivity contribution in [2.45, 2.75) is 6.04 Å². The molecule has 6 nitrogen and oxygen atoms in total. The number of nitrogens with two attached hydrogens (primary N) is 1. The maximum atomic E-state index is 11.8. The quantitative estimate of drug-likeness (QED) is 0.649. The summed E-state index contributed by atoms with van der Waals surface area (Å²) in [5, 5.41) is 11.6. The summed E-state index contributed by atoms with van der Waals surface area (Å²) < 4.78 is 0. The normalized spacial score (nSPS) is 17.6. The van der Waals surface area contributed by atoms with Crippen LogP contribution in [0.1, 0.15) is 11.6 Å². The number of para-hydroxylation sites is 1. The molecule has 18 heavy (non-hydrogen) atoms. The number of nitrogens with zero attached hydrogens (tertiary/aromatic N) is 1. The lowest BCUT2D eigenvalue weighted by atomic mass is 10.0. The summed E-state index contributed by atoms with van der Waals surface area (Å²) in [6.07, 6.45) is 0. The third-order valence-corrected chi connectivity index (χ3v) is 2.86. The Kier molecular flexibility index (Phi) is 3.59. The van der Waals surface area contributed by atoms with Crippen LogP contribution in [0, 0.1) is 0 Å². The summed E-state index contributed by atoms with van der Waals surface area (Å²) in [4.78, 5) is 24.6. The van der Waals surface area contributed by atoms with Crippen LogP contribution in [0.3, 0.4) is 0 Å². The van der Waals surface area contributed by atoms with E-state index in [0.29, 0.717) is 11.3 Å². The van der Waals surface area contributed by atoms with Gasteiger partial charge in [0, 0.05) is 5.69 Å². The number of aliphatic hydroxyl groups is 1. The van der Waals surface area contributed by atoms with Crippen LogP contribution in [0.15, 0.2) is 24.3 Å². The van der Waals surface area contributed by atoms with Crippen molar-refractivity contribution in [2.75, 3.05) is 24.6 Å². The van der Waals surface area contributed by atoms with E-state index in [0.717, 1.165) is 0 Å². The highest BCUT2D eigenvalue weighted by molar-refractivity contribution is 6.04. The number of hydrogen-bond acceptors (Lipinski definition) is 4. The van der Waals surface area contributed by atoms with Gasteiger partial charge in [-0.3, -0.25) is 9.59 Å². The second-order valence-corrected chi connectivity index (χ2v) is 4.10. The van der Waals surface area contributed by atoms with Crippen LogP contribution in [0.25, 0.3) is 0 Å². The van der Waals surface area contributed by atoms with Crippen molar-refractivity contribution < 1.29 is 14.7 Å². The minimum Gasteiger partial charge on any atom is -0.394 e. The fourth-order valence-corrected chi connectivity index (χ4v) is 1.92. The van der Waals surface area contributed by atoms with Gasteiger partial charge in [0.2, 0.25) is 11.8 Å². The average Bonchev–Trinajstić information content (AvgIpc) is 2.40. The molecule has 96 valence electrons. The molecule has 1 saturated heterocycles. The van der Waals surface area contributed by atoms with Crippen LogP contribution in [0.5, 0.6) is 0 Å². The smallest absolute Gasteiger partial charge is 0.246 e. The van der Waals surface area contributed by atoms with E-state index in [-0.39, 0.29) is 31.5 Å². The summed E-state index contributed by atoms with van der Waals surface area (Å²) >= 11 is 0. The minimum atomic E-state index is -0.570. The lowest BCUT2D eigenvalue weighted by Crippen LogP contribution is -2.52. The first kappa shape index (κ1) is 12.5. The molecule has 1 unspecified atom stereocenters. The summed E-state index contributed by atoms with van der Waals surface area (Å²) in [6, 6.07) is 6.45. The topological polar surface area (TPSA) is 95.7 Å². The van der Waals surface area contributed by atoms with E-state index < -0.39 is 6.04 Å². The van der Waals surface area contributed by atoms with E-state index in [2.05, 4.69) is 5.32 Å². The Labute approximate surface area is 104 Å². The third kappa shape index (κ3) is 2.34. The number of benzene rings is 1. The highest BCUT2D eigenvalue weighted by Gasteiger charge is 2.26. The largest absolute Gasteiger partial charge is 0.394 e. The third-order valence-electron chi connectivity index (χ3n) is 2.86. The van der Waals surface area contributed by atoms with Crippen LogP contribution >= 0.6 is 0 Å². The molecule has 0 bridgehead atoms. The Hall–Kier alpha value is -1.92. The molecule has 1 aliphatic heterocycles. The molecule has 0 radical (unpaired) electrons. The fraction of sp³-hybridized carbons (Fsp3) is 0.333. The number of hydrogen-bond donors (Lipinski definition) is 3. The molecular formula is C12H15N3O3. The van der Waals surface area contributed by atoms with Crippen molar-refractivity contribution in [2.24, 2.45) is 5.73 Å². The zero-order chi connectivity index (χ0) is 13.1. The molecule has 1 aromatic carbocycles. The Morgan fingerprint density at radius 3 is 2.83 bits per heavy atom. The Morgan fingerprint density at radius 1 is 1.39 bits per heavy atom. The molecule has 1 aliphatic rings. The highest BCUT2D eigenvalue weighted by atomic mass is 16.3. The molecule has 1 atom stereocenters. The zero-order valence-corrected chi connectivity index (χ0v) is 9.80. The predicted octanol–water partition coefficient (Wildman–Crippen LogP) is -0.859. The lowest BCUT2D eigenvalue weighted by molar-refractivity contribution is -0.128. The number of aliphatic hydroxyl groups excluding tert-OH is 1.